The SMILES string of the molecule is CC(C)C(O)(Cc1cc2ccncc2[nH]1)CC(C)(C)c1cc(Cl)cc2c1OCC2. The number of H-pyrrole nitrogens is 1. The van der Waals surface area contributed by atoms with E-state index in [1.807, 2.05) is 24.4 Å². The van der Waals surface area contributed by atoms with Gasteiger partial charge in [0.1, 0.15) is 5.75 Å². The number of aromatic nitrogens is 2. The number of halogens is 1. The second kappa shape index (κ2) is 7.33. The van der Waals surface area contributed by atoms with Crippen molar-refractivity contribution in [3.8, 4) is 5.75 Å². The van der Waals surface area contributed by atoms with Crippen molar-refractivity contribution in [3.63, 3.8) is 0 Å². The largest absolute Gasteiger partial charge is 0.493 e. The number of benzene rings is 1. The average molecular weight is 413 g/mol. The summed E-state index contributed by atoms with van der Waals surface area (Å²) in [5.74, 6) is 1.03. The molecular weight excluding hydrogens is 384 g/mol. The van der Waals surface area contributed by atoms with Crippen LogP contribution in [0.1, 0.15) is 50.9 Å². The number of rotatable bonds is 6. The summed E-state index contributed by atoms with van der Waals surface area (Å²) in [5, 5.41) is 13.6. The maximum absolute atomic E-state index is 11.8. The molecule has 5 heteroatoms. The van der Waals surface area contributed by atoms with Gasteiger partial charge in [-0.1, -0.05) is 39.3 Å². The third kappa shape index (κ3) is 3.88. The van der Waals surface area contributed by atoms with Crippen LogP contribution in [-0.2, 0) is 18.3 Å². The molecule has 4 rings (SSSR count). The Morgan fingerprint density at radius 3 is 2.79 bits per heavy atom. The Balaban J connectivity index is 1.67. The third-order valence-electron chi connectivity index (χ3n) is 6.28. The molecule has 2 aromatic heterocycles. The number of aliphatic hydroxyl groups is 1. The lowest BCUT2D eigenvalue weighted by atomic mass is 9.69. The van der Waals surface area contributed by atoms with Crippen LogP contribution in [0.2, 0.25) is 5.02 Å². The van der Waals surface area contributed by atoms with Crippen molar-refractivity contribution in [2.24, 2.45) is 5.92 Å². The fourth-order valence-electron chi connectivity index (χ4n) is 4.56. The minimum absolute atomic E-state index is 0.0828. The highest BCUT2D eigenvalue weighted by Gasteiger charge is 2.40. The van der Waals surface area contributed by atoms with Crippen molar-refractivity contribution < 1.29 is 9.84 Å². The van der Waals surface area contributed by atoms with Gasteiger partial charge in [-0.25, -0.2) is 0 Å². The first-order chi connectivity index (χ1) is 13.7. The predicted molar refractivity (Wildman–Crippen MR) is 118 cm³/mol. The molecule has 1 unspecified atom stereocenters. The second-order valence-electron chi connectivity index (χ2n) is 9.29. The number of hydrogen-bond acceptors (Lipinski definition) is 3. The maximum Gasteiger partial charge on any atom is 0.126 e. The molecule has 0 radical (unpaired) electrons. The van der Waals surface area contributed by atoms with Gasteiger partial charge in [-0.15, -0.1) is 0 Å². The summed E-state index contributed by atoms with van der Waals surface area (Å²) in [6.07, 6.45) is 5.64. The summed E-state index contributed by atoms with van der Waals surface area (Å²) in [6, 6.07) is 8.09. The molecule has 0 fully saturated rings. The highest BCUT2D eigenvalue weighted by Crippen LogP contribution is 2.45. The molecule has 0 spiro atoms. The van der Waals surface area contributed by atoms with E-state index in [1.165, 1.54) is 0 Å². The number of hydrogen-bond donors (Lipinski definition) is 2. The summed E-state index contributed by atoms with van der Waals surface area (Å²) < 4.78 is 5.95. The Morgan fingerprint density at radius 1 is 1.28 bits per heavy atom. The van der Waals surface area contributed by atoms with Crippen LogP contribution in [-0.4, -0.2) is 27.3 Å². The van der Waals surface area contributed by atoms with Gasteiger partial charge in [0.15, 0.2) is 0 Å². The molecule has 0 saturated carbocycles. The van der Waals surface area contributed by atoms with Crippen molar-refractivity contribution in [1.29, 1.82) is 0 Å². The fraction of sp³-hybridized carbons (Fsp3) is 0.458. The van der Waals surface area contributed by atoms with Crippen molar-refractivity contribution >= 4 is 22.5 Å². The Labute approximate surface area is 177 Å². The lowest BCUT2D eigenvalue weighted by Gasteiger charge is -2.40. The number of fused-ring (bicyclic) bond motifs is 2. The van der Waals surface area contributed by atoms with Crippen LogP contribution in [0.4, 0.5) is 0 Å². The van der Waals surface area contributed by atoms with Crippen LogP contribution in [0.3, 0.4) is 0 Å². The molecule has 1 aliphatic rings. The molecular formula is C24H29ClN2O2. The first kappa shape index (κ1) is 20.2. The summed E-state index contributed by atoms with van der Waals surface area (Å²) >= 11 is 6.41. The summed E-state index contributed by atoms with van der Waals surface area (Å²) in [4.78, 5) is 7.59. The van der Waals surface area contributed by atoms with E-state index in [2.05, 4.69) is 43.7 Å². The highest BCUT2D eigenvalue weighted by atomic mass is 35.5. The zero-order valence-corrected chi connectivity index (χ0v) is 18.3. The van der Waals surface area contributed by atoms with Crippen LogP contribution in [0.15, 0.2) is 36.7 Å². The van der Waals surface area contributed by atoms with Gasteiger partial charge in [0.25, 0.3) is 0 Å². The molecule has 0 aliphatic carbocycles. The molecule has 0 amide bonds. The van der Waals surface area contributed by atoms with Crippen molar-refractivity contribution in [3.05, 3.63) is 58.5 Å². The van der Waals surface area contributed by atoms with E-state index in [-0.39, 0.29) is 11.3 Å². The summed E-state index contributed by atoms with van der Waals surface area (Å²) in [5.41, 5.74) is 3.08. The number of nitrogens with one attached hydrogen (secondary N) is 1. The molecule has 3 heterocycles. The first-order valence-electron chi connectivity index (χ1n) is 10.3. The van der Waals surface area contributed by atoms with Gasteiger partial charge in [-0.3, -0.25) is 4.98 Å². The number of aromatic amines is 1. The van der Waals surface area contributed by atoms with E-state index in [0.717, 1.165) is 44.9 Å². The van der Waals surface area contributed by atoms with Crippen LogP contribution in [0.25, 0.3) is 10.9 Å². The van der Waals surface area contributed by atoms with Crippen LogP contribution in [0, 0.1) is 5.92 Å². The Hall–Kier alpha value is -2.04. The number of ether oxygens (including phenoxy) is 1. The molecule has 0 saturated heterocycles. The lowest BCUT2D eigenvalue weighted by Crippen LogP contribution is -2.43. The predicted octanol–water partition coefficient (Wildman–Crippen LogP) is 5.45. The molecule has 29 heavy (non-hydrogen) atoms. The Morgan fingerprint density at radius 2 is 2.07 bits per heavy atom. The van der Waals surface area contributed by atoms with E-state index in [4.69, 9.17) is 16.3 Å². The van der Waals surface area contributed by atoms with E-state index >= 15 is 0 Å². The third-order valence-corrected chi connectivity index (χ3v) is 6.49. The van der Waals surface area contributed by atoms with Crippen molar-refractivity contribution in [2.75, 3.05) is 6.61 Å². The van der Waals surface area contributed by atoms with Gasteiger partial charge < -0.3 is 14.8 Å². The standard InChI is InChI=1S/C24H29ClN2O2/c1-15(2)24(28,12-19-10-16-5-7-26-13-21(16)27-19)14-23(3,4)20-11-18(25)9-17-6-8-29-22(17)20/h5,7,9-11,13,15,27-28H,6,8,12,14H2,1-4H3. The van der Waals surface area contributed by atoms with Gasteiger partial charge >= 0.3 is 0 Å². The number of nitrogens with zero attached hydrogens (tertiary/aromatic N) is 1. The minimum Gasteiger partial charge on any atom is -0.493 e. The molecule has 1 aliphatic heterocycles. The Kier molecular flexibility index (Phi) is 5.12. The zero-order chi connectivity index (χ0) is 20.8. The highest BCUT2D eigenvalue weighted by molar-refractivity contribution is 6.30. The first-order valence-corrected chi connectivity index (χ1v) is 10.7. The van der Waals surface area contributed by atoms with E-state index in [1.54, 1.807) is 6.20 Å². The molecule has 2 N–H and O–H groups in total. The molecule has 4 nitrogen and oxygen atoms in total. The van der Waals surface area contributed by atoms with E-state index in [0.29, 0.717) is 19.4 Å². The normalized spacial score (nSPS) is 16.1. The summed E-state index contributed by atoms with van der Waals surface area (Å²) in [7, 11) is 0. The van der Waals surface area contributed by atoms with Gasteiger partial charge in [0.05, 0.1) is 23.9 Å². The monoisotopic (exact) mass is 412 g/mol. The summed E-state index contributed by atoms with van der Waals surface area (Å²) in [6.45, 7) is 9.20. The molecule has 1 aromatic carbocycles. The van der Waals surface area contributed by atoms with Gasteiger partial charge in [0, 0.05) is 40.7 Å². The second-order valence-corrected chi connectivity index (χ2v) is 9.73. The van der Waals surface area contributed by atoms with Crippen LogP contribution in [0.5, 0.6) is 5.75 Å². The number of pyridine rings is 1. The maximum atomic E-state index is 11.8. The minimum atomic E-state index is -0.883. The molecule has 3 aromatic rings. The van der Waals surface area contributed by atoms with Gasteiger partial charge in [-0.2, -0.15) is 0 Å². The van der Waals surface area contributed by atoms with Crippen LogP contribution >= 0.6 is 11.6 Å². The molecule has 0 bridgehead atoms. The lowest BCUT2D eigenvalue weighted by molar-refractivity contribution is -0.0293. The topological polar surface area (TPSA) is 58.1 Å². The van der Waals surface area contributed by atoms with E-state index < -0.39 is 5.60 Å². The fourth-order valence-corrected chi connectivity index (χ4v) is 4.80. The quantitative estimate of drug-likeness (QED) is 0.566. The van der Waals surface area contributed by atoms with Crippen molar-refractivity contribution in [2.45, 2.75) is 58.0 Å². The van der Waals surface area contributed by atoms with Crippen LogP contribution < -0.4 is 4.74 Å². The molecule has 1 atom stereocenters. The molecule has 154 valence electrons. The van der Waals surface area contributed by atoms with Crippen molar-refractivity contribution in [1.82, 2.24) is 9.97 Å². The Bertz CT molecular complexity index is 1010. The zero-order valence-electron chi connectivity index (χ0n) is 17.6. The van der Waals surface area contributed by atoms with Gasteiger partial charge in [-0.05, 0) is 47.6 Å². The average Bonchev–Trinajstić information content (AvgIpc) is 3.25. The van der Waals surface area contributed by atoms with E-state index in [9.17, 15) is 5.11 Å². The smallest absolute Gasteiger partial charge is 0.126 e. The van der Waals surface area contributed by atoms with Gasteiger partial charge in [0.2, 0.25) is 0 Å².